The predicted molar refractivity (Wildman–Crippen MR) is 80.1 cm³/mol. The van der Waals surface area contributed by atoms with E-state index in [4.69, 9.17) is 9.15 Å². The molecule has 1 aliphatic rings. The zero-order valence-corrected chi connectivity index (χ0v) is 12.2. The summed E-state index contributed by atoms with van der Waals surface area (Å²) >= 11 is 0. The van der Waals surface area contributed by atoms with Crippen LogP contribution in [0, 0.1) is 0 Å². The van der Waals surface area contributed by atoms with Gasteiger partial charge in [0.1, 0.15) is 5.52 Å². The van der Waals surface area contributed by atoms with Crippen LogP contribution in [-0.2, 0) is 11.2 Å². The highest BCUT2D eigenvalue weighted by atomic mass is 16.5. The second-order valence-electron chi connectivity index (χ2n) is 5.50. The zero-order valence-electron chi connectivity index (χ0n) is 12.2. The number of nitrogens with one attached hydrogen (secondary N) is 1. The van der Waals surface area contributed by atoms with Gasteiger partial charge in [-0.3, -0.25) is 0 Å². The van der Waals surface area contributed by atoms with Crippen LogP contribution in [0.4, 0.5) is 5.69 Å². The molecule has 108 valence electrons. The van der Waals surface area contributed by atoms with Gasteiger partial charge in [-0.2, -0.15) is 0 Å². The molecule has 20 heavy (non-hydrogen) atoms. The Labute approximate surface area is 119 Å². The minimum absolute atomic E-state index is 0.443. The van der Waals surface area contributed by atoms with Crippen molar-refractivity contribution < 1.29 is 9.15 Å². The number of nitrogens with zero attached hydrogens (tertiary/aromatic N) is 1. The highest BCUT2D eigenvalue weighted by Crippen LogP contribution is 2.26. The number of methoxy groups -OCH3 is 1. The Hall–Kier alpha value is -1.55. The molecule has 1 saturated carbocycles. The second-order valence-corrected chi connectivity index (χ2v) is 5.50. The number of ether oxygens (including phenoxy) is 1. The smallest absolute Gasteiger partial charge is 0.195 e. The van der Waals surface area contributed by atoms with Crippen molar-refractivity contribution in [3.8, 4) is 0 Å². The van der Waals surface area contributed by atoms with Gasteiger partial charge < -0.3 is 14.5 Å². The first-order valence-corrected chi connectivity index (χ1v) is 7.47. The van der Waals surface area contributed by atoms with Gasteiger partial charge in [-0.1, -0.05) is 6.92 Å². The molecular formula is C16H22N2O2. The molecule has 0 saturated heterocycles. The second kappa shape index (κ2) is 5.83. The SMILES string of the molecule is CCc1nc2cc(NC3CCC(OC)CC3)ccc2o1. The van der Waals surface area contributed by atoms with Gasteiger partial charge in [0.25, 0.3) is 0 Å². The summed E-state index contributed by atoms with van der Waals surface area (Å²) in [7, 11) is 1.81. The number of oxazole rings is 1. The van der Waals surface area contributed by atoms with Crippen LogP contribution in [0.25, 0.3) is 11.1 Å². The van der Waals surface area contributed by atoms with Gasteiger partial charge >= 0.3 is 0 Å². The Morgan fingerprint density at radius 1 is 1.30 bits per heavy atom. The largest absolute Gasteiger partial charge is 0.441 e. The van der Waals surface area contributed by atoms with Gasteiger partial charge in [0, 0.05) is 25.3 Å². The zero-order chi connectivity index (χ0) is 13.9. The summed E-state index contributed by atoms with van der Waals surface area (Å²) < 4.78 is 11.0. The van der Waals surface area contributed by atoms with Gasteiger partial charge in [0.05, 0.1) is 6.10 Å². The Balaban J connectivity index is 1.68. The van der Waals surface area contributed by atoms with Crippen LogP contribution < -0.4 is 5.32 Å². The summed E-state index contributed by atoms with van der Waals surface area (Å²) in [6.07, 6.45) is 5.88. The highest BCUT2D eigenvalue weighted by Gasteiger charge is 2.20. The van der Waals surface area contributed by atoms with Crippen molar-refractivity contribution in [1.82, 2.24) is 4.98 Å². The molecule has 0 radical (unpaired) electrons. The molecule has 0 atom stereocenters. The standard InChI is InChI=1S/C16H22N2O2/c1-3-16-18-14-10-12(6-9-15(14)20-16)17-11-4-7-13(19-2)8-5-11/h6,9-11,13,17H,3-5,7-8H2,1-2H3. The summed E-state index contributed by atoms with van der Waals surface area (Å²) in [5.41, 5.74) is 2.95. The van der Waals surface area contributed by atoms with Crippen molar-refractivity contribution in [1.29, 1.82) is 0 Å². The van der Waals surface area contributed by atoms with Crippen molar-refractivity contribution in [3.63, 3.8) is 0 Å². The molecule has 1 heterocycles. The fraction of sp³-hybridized carbons (Fsp3) is 0.562. The molecule has 1 aromatic carbocycles. The molecule has 1 aromatic heterocycles. The number of rotatable bonds is 4. The monoisotopic (exact) mass is 274 g/mol. The average Bonchev–Trinajstić information content (AvgIpc) is 2.90. The highest BCUT2D eigenvalue weighted by molar-refractivity contribution is 5.77. The lowest BCUT2D eigenvalue weighted by atomic mass is 9.93. The number of aromatic nitrogens is 1. The lowest BCUT2D eigenvalue weighted by Crippen LogP contribution is -2.29. The van der Waals surface area contributed by atoms with Crippen molar-refractivity contribution in [2.45, 2.75) is 51.2 Å². The minimum Gasteiger partial charge on any atom is -0.441 e. The van der Waals surface area contributed by atoms with E-state index in [1.54, 1.807) is 0 Å². The van der Waals surface area contributed by atoms with E-state index in [1.807, 2.05) is 13.2 Å². The number of fused-ring (bicyclic) bond motifs is 1. The Bertz CT molecular complexity index is 571. The van der Waals surface area contributed by atoms with Crippen LogP contribution in [-0.4, -0.2) is 24.2 Å². The summed E-state index contributed by atoms with van der Waals surface area (Å²) in [6, 6.07) is 6.71. The van der Waals surface area contributed by atoms with E-state index >= 15 is 0 Å². The summed E-state index contributed by atoms with van der Waals surface area (Å²) in [4.78, 5) is 4.48. The van der Waals surface area contributed by atoms with Crippen LogP contribution >= 0.6 is 0 Å². The maximum Gasteiger partial charge on any atom is 0.195 e. The molecule has 0 aliphatic heterocycles. The van der Waals surface area contributed by atoms with Gasteiger partial charge in [0.2, 0.25) is 0 Å². The van der Waals surface area contributed by atoms with Crippen LogP contribution in [0.3, 0.4) is 0 Å². The van der Waals surface area contributed by atoms with E-state index in [0.717, 1.165) is 54.8 Å². The number of hydrogen-bond acceptors (Lipinski definition) is 4. The van der Waals surface area contributed by atoms with E-state index in [-0.39, 0.29) is 0 Å². The maximum atomic E-state index is 5.64. The minimum atomic E-state index is 0.443. The molecule has 2 aromatic rings. The Kier molecular flexibility index (Phi) is 3.92. The number of hydrogen-bond donors (Lipinski definition) is 1. The summed E-state index contributed by atoms with van der Waals surface area (Å²) in [6.45, 7) is 2.05. The fourth-order valence-corrected chi connectivity index (χ4v) is 2.89. The van der Waals surface area contributed by atoms with Gasteiger partial charge in [-0.05, 0) is 43.9 Å². The molecular weight excluding hydrogens is 252 g/mol. The molecule has 1 aliphatic carbocycles. The summed E-state index contributed by atoms with van der Waals surface area (Å²) in [5.74, 6) is 0.803. The quantitative estimate of drug-likeness (QED) is 0.922. The topological polar surface area (TPSA) is 47.3 Å². The van der Waals surface area contributed by atoms with E-state index in [1.165, 1.54) is 0 Å². The van der Waals surface area contributed by atoms with Crippen molar-refractivity contribution in [2.24, 2.45) is 0 Å². The number of aryl methyl sites for hydroxylation is 1. The molecule has 1 fully saturated rings. The van der Waals surface area contributed by atoms with Crippen LogP contribution in [0.1, 0.15) is 38.5 Å². The Morgan fingerprint density at radius 3 is 2.80 bits per heavy atom. The van der Waals surface area contributed by atoms with Crippen molar-refractivity contribution >= 4 is 16.8 Å². The third kappa shape index (κ3) is 2.80. The van der Waals surface area contributed by atoms with Crippen molar-refractivity contribution in [2.75, 3.05) is 12.4 Å². The van der Waals surface area contributed by atoms with E-state index in [2.05, 4.69) is 29.4 Å². The molecule has 0 unspecified atom stereocenters. The normalized spacial score (nSPS) is 23.1. The molecule has 0 bridgehead atoms. The predicted octanol–water partition coefficient (Wildman–Crippen LogP) is 3.76. The molecule has 4 nitrogen and oxygen atoms in total. The molecule has 4 heteroatoms. The van der Waals surface area contributed by atoms with Gasteiger partial charge in [-0.25, -0.2) is 4.98 Å². The maximum absolute atomic E-state index is 5.64. The van der Waals surface area contributed by atoms with Gasteiger partial charge in [0.15, 0.2) is 11.5 Å². The number of benzene rings is 1. The molecule has 0 amide bonds. The first-order chi connectivity index (χ1) is 9.78. The average molecular weight is 274 g/mol. The third-order valence-corrected chi connectivity index (χ3v) is 4.11. The summed E-state index contributed by atoms with van der Waals surface area (Å²) in [5, 5.41) is 3.61. The molecule has 3 rings (SSSR count). The molecule has 1 N–H and O–H groups in total. The lowest BCUT2D eigenvalue weighted by molar-refractivity contribution is 0.0682. The van der Waals surface area contributed by atoms with Crippen molar-refractivity contribution in [3.05, 3.63) is 24.1 Å². The van der Waals surface area contributed by atoms with E-state index in [9.17, 15) is 0 Å². The van der Waals surface area contributed by atoms with E-state index in [0.29, 0.717) is 12.1 Å². The third-order valence-electron chi connectivity index (χ3n) is 4.11. The van der Waals surface area contributed by atoms with Gasteiger partial charge in [-0.15, -0.1) is 0 Å². The fourth-order valence-electron chi connectivity index (χ4n) is 2.89. The van der Waals surface area contributed by atoms with Crippen LogP contribution in [0.5, 0.6) is 0 Å². The van der Waals surface area contributed by atoms with Crippen LogP contribution in [0.2, 0.25) is 0 Å². The Morgan fingerprint density at radius 2 is 2.10 bits per heavy atom. The first kappa shape index (κ1) is 13.4. The van der Waals surface area contributed by atoms with E-state index < -0.39 is 0 Å². The van der Waals surface area contributed by atoms with Crippen LogP contribution in [0.15, 0.2) is 22.6 Å². The first-order valence-electron chi connectivity index (χ1n) is 7.47. The lowest BCUT2D eigenvalue weighted by Gasteiger charge is -2.28. The number of anilines is 1. The molecule has 0 spiro atoms.